The number of nitrogens with zero attached hydrogens (tertiary/aromatic N) is 1. The van der Waals surface area contributed by atoms with Gasteiger partial charge in [-0.2, -0.15) is 0 Å². The van der Waals surface area contributed by atoms with Gasteiger partial charge in [0.1, 0.15) is 0 Å². The van der Waals surface area contributed by atoms with Gasteiger partial charge in [-0.1, -0.05) is 26.2 Å². The zero-order chi connectivity index (χ0) is 13.9. The van der Waals surface area contributed by atoms with Gasteiger partial charge >= 0.3 is 0 Å². The number of hydrogen-bond acceptors (Lipinski definition) is 3. The topological polar surface area (TPSA) is 52.6 Å². The molecule has 1 unspecified atom stereocenters. The van der Waals surface area contributed by atoms with Crippen molar-refractivity contribution in [2.45, 2.75) is 51.9 Å². The van der Waals surface area contributed by atoms with Crippen LogP contribution < -0.4 is 5.32 Å². The summed E-state index contributed by atoms with van der Waals surface area (Å²) in [5, 5.41) is 12.4. The molecule has 1 heterocycles. The van der Waals surface area contributed by atoms with Crippen molar-refractivity contribution in [3.05, 3.63) is 0 Å². The lowest BCUT2D eigenvalue weighted by atomic mass is 10.0. The first-order chi connectivity index (χ1) is 9.27. The van der Waals surface area contributed by atoms with Crippen LogP contribution in [0.3, 0.4) is 0 Å². The molecule has 0 aromatic carbocycles. The fraction of sp³-hybridized carbons (Fsp3) is 0.933. The first kappa shape index (κ1) is 16.4. The molecule has 1 saturated heterocycles. The number of amides is 1. The van der Waals surface area contributed by atoms with Crippen molar-refractivity contribution in [2.24, 2.45) is 5.92 Å². The Morgan fingerprint density at radius 2 is 2.16 bits per heavy atom. The molecule has 0 aliphatic carbocycles. The van der Waals surface area contributed by atoms with Gasteiger partial charge in [-0.15, -0.1) is 0 Å². The second kappa shape index (κ2) is 10.2. The number of carbonyl (C=O) groups excluding carboxylic acids is 1. The van der Waals surface area contributed by atoms with E-state index < -0.39 is 0 Å². The molecule has 1 aliphatic rings. The van der Waals surface area contributed by atoms with Gasteiger partial charge in [0.2, 0.25) is 5.91 Å². The summed E-state index contributed by atoms with van der Waals surface area (Å²) in [6.45, 7) is 5.72. The highest BCUT2D eigenvalue weighted by Gasteiger charge is 2.18. The summed E-state index contributed by atoms with van der Waals surface area (Å²) in [6.07, 6.45) is 7.51. The number of unbranched alkanes of at least 4 members (excludes halogenated alkanes) is 3. The monoisotopic (exact) mass is 270 g/mol. The van der Waals surface area contributed by atoms with Crippen LogP contribution in [0.1, 0.15) is 51.9 Å². The number of rotatable bonds is 10. The second-order valence-electron chi connectivity index (χ2n) is 5.56. The lowest BCUT2D eigenvalue weighted by Gasteiger charge is -2.22. The van der Waals surface area contributed by atoms with Crippen LogP contribution in [0.4, 0.5) is 0 Å². The predicted octanol–water partition coefficient (Wildman–Crippen LogP) is 1.78. The van der Waals surface area contributed by atoms with Crippen molar-refractivity contribution in [3.63, 3.8) is 0 Å². The fourth-order valence-electron chi connectivity index (χ4n) is 2.66. The largest absolute Gasteiger partial charge is 0.395 e. The van der Waals surface area contributed by atoms with E-state index in [1.807, 2.05) is 4.90 Å². The van der Waals surface area contributed by atoms with E-state index in [0.29, 0.717) is 18.9 Å². The van der Waals surface area contributed by atoms with Gasteiger partial charge in [0.25, 0.3) is 0 Å². The van der Waals surface area contributed by atoms with Gasteiger partial charge < -0.3 is 15.3 Å². The average Bonchev–Trinajstić information content (AvgIpc) is 2.93. The molecule has 0 aromatic heterocycles. The van der Waals surface area contributed by atoms with Crippen LogP contribution in [-0.4, -0.2) is 48.7 Å². The van der Waals surface area contributed by atoms with Crippen LogP contribution in [0.5, 0.6) is 0 Å². The summed E-state index contributed by atoms with van der Waals surface area (Å²) in [7, 11) is 0. The lowest BCUT2D eigenvalue weighted by Crippen LogP contribution is -2.34. The molecule has 1 atom stereocenters. The molecule has 19 heavy (non-hydrogen) atoms. The minimum atomic E-state index is 0.0739. The van der Waals surface area contributed by atoms with Crippen molar-refractivity contribution in [1.82, 2.24) is 10.2 Å². The van der Waals surface area contributed by atoms with Crippen LogP contribution in [0, 0.1) is 5.92 Å². The fourth-order valence-corrected chi connectivity index (χ4v) is 2.66. The summed E-state index contributed by atoms with van der Waals surface area (Å²) >= 11 is 0. The Balaban J connectivity index is 2.21. The van der Waals surface area contributed by atoms with Gasteiger partial charge in [0.15, 0.2) is 0 Å². The maximum absolute atomic E-state index is 12.1. The van der Waals surface area contributed by atoms with Gasteiger partial charge in [-0.25, -0.2) is 0 Å². The molecular weight excluding hydrogens is 240 g/mol. The zero-order valence-electron chi connectivity index (χ0n) is 12.4. The van der Waals surface area contributed by atoms with Crippen LogP contribution >= 0.6 is 0 Å². The molecule has 1 fully saturated rings. The number of aliphatic hydroxyl groups excluding tert-OH is 1. The smallest absolute Gasteiger partial charge is 0.222 e. The quantitative estimate of drug-likeness (QED) is 0.595. The second-order valence-corrected chi connectivity index (χ2v) is 5.56. The molecule has 4 nitrogen and oxygen atoms in total. The summed E-state index contributed by atoms with van der Waals surface area (Å²) < 4.78 is 0. The Bertz CT molecular complexity index is 240. The minimum Gasteiger partial charge on any atom is -0.395 e. The van der Waals surface area contributed by atoms with Crippen molar-refractivity contribution in [3.8, 4) is 0 Å². The normalized spacial score (nSPS) is 18.7. The molecule has 2 N–H and O–H groups in total. The third-order valence-electron chi connectivity index (χ3n) is 3.93. The van der Waals surface area contributed by atoms with E-state index in [9.17, 15) is 4.79 Å². The highest BCUT2D eigenvalue weighted by Crippen LogP contribution is 2.15. The molecule has 0 saturated carbocycles. The molecule has 0 aromatic rings. The molecule has 4 heteroatoms. The molecule has 0 bridgehead atoms. The standard InChI is InChI=1S/C15H30N2O2/c1-2-3-4-5-10-17(11-12-18)15(19)7-6-14-8-9-16-13-14/h14,16,18H,2-13H2,1H3. The van der Waals surface area contributed by atoms with Crippen LogP contribution in [0.25, 0.3) is 0 Å². The van der Waals surface area contributed by atoms with E-state index in [-0.39, 0.29) is 12.5 Å². The van der Waals surface area contributed by atoms with Crippen molar-refractivity contribution >= 4 is 5.91 Å². The van der Waals surface area contributed by atoms with Crippen LogP contribution in [0.15, 0.2) is 0 Å². The number of carbonyl (C=O) groups is 1. The Morgan fingerprint density at radius 1 is 1.32 bits per heavy atom. The zero-order valence-corrected chi connectivity index (χ0v) is 12.4. The summed E-state index contributed by atoms with van der Waals surface area (Å²) in [4.78, 5) is 14.0. The van der Waals surface area contributed by atoms with Gasteiger partial charge in [0, 0.05) is 19.5 Å². The number of hydrogen-bond donors (Lipinski definition) is 2. The van der Waals surface area contributed by atoms with E-state index in [1.54, 1.807) is 0 Å². The number of aliphatic hydroxyl groups is 1. The third kappa shape index (κ3) is 6.92. The van der Waals surface area contributed by atoms with E-state index in [4.69, 9.17) is 5.11 Å². The van der Waals surface area contributed by atoms with Gasteiger partial charge in [0.05, 0.1) is 6.61 Å². The summed E-state index contributed by atoms with van der Waals surface area (Å²) in [6, 6.07) is 0. The highest BCUT2D eigenvalue weighted by atomic mass is 16.3. The maximum atomic E-state index is 12.1. The third-order valence-corrected chi connectivity index (χ3v) is 3.93. The number of nitrogens with one attached hydrogen (secondary N) is 1. The van der Waals surface area contributed by atoms with E-state index >= 15 is 0 Å². The minimum absolute atomic E-state index is 0.0739. The van der Waals surface area contributed by atoms with E-state index in [0.717, 1.165) is 32.5 Å². The van der Waals surface area contributed by atoms with Crippen molar-refractivity contribution in [1.29, 1.82) is 0 Å². The van der Waals surface area contributed by atoms with Crippen LogP contribution in [0.2, 0.25) is 0 Å². The van der Waals surface area contributed by atoms with Crippen molar-refractivity contribution in [2.75, 3.05) is 32.8 Å². The van der Waals surface area contributed by atoms with Gasteiger partial charge in [-0.05, 0) is 38.3 Å². The summed E-state index contributed by atoms with van der Waals surface area (Å²) in [5.74, 6) is 0.887. The van der Waals surface area contributed by atoms with E-state index in [2.05, 4.69) is 12.2 Å². The van der Waals surface area contributed by atoms with Gasteiger partial charge in [-0.3, -0.25) is 4.79 Å². The highest BCUT2D eigenvalue weighted by molar-refractivity contribution is 5.76. The Morgan fingerprint density at radius 3 is 2.79 bits per heavy atom. The van der Waals surface area contributed by atoms with Crippen molar-refractivity contribution < 1.29 is 9.90 Å². The Labute approximate surface area is 117 Å². The Hall–Kier alpha value is -0.610. The molecule has 1 rings (SSSR count). The molecule has 0 radical (unpaired) electrons. The lowest BCUT2D eigenvalue weighted by molar-refractivity contribution is -0.132. The molecule has 1 aliphatic heterocycles. The SMILES string of the molecule is CCCCCCN(CCO)C(=O)CCC1CCNC1. The maximum Gasteiger partial charge on any atom is 0.222 e. The van der Waals surface area contributed by atoms with E-state index in [1.165, 1.54) is 25.7 Å². The molecule has 112 valence electrons. The summed E-state index contributed by atoms with van der Waals surface area (Å²) in [5.41, 5.74) is 0. The van der Waals surface area contributed by atoms with Crippen LogP contribution in [-0.2, 0) is 4.79 Å². The first-order valence-electron chi connectivity index (χ1n) is 7.87. The molecule has 1 amide bonds. The Kier molecular flexibility index (Phi) is 8.84. The molecule has 0 spiro atoms. The average molecular weight is 270 g/mol. The molecular formula is C15H30N2O2. The first-order valence-corrected chi connectivity index (χ1v) is 7.87. The predicted molar refractivity (Wildman–Crippen MR) is 78.0 cm³/mol.